The molecule has 7 heteroatoms. The predicted molar refractivity (Wildman–Crippen MR) is 97.9 cm³/mol. The quantitative estimate of drug-likeness (QED) is 0.610. The highest BCUT2D eigenvalue weighted by molar-refractivity contribution is 7.19. The van der Waals surface area contributed by atoms with E-state index < -0.39 is 0 Å². The van der Waals surface area contributed by atoms with Gasteiger partial charge in [-0.15, -0.1) is 10.2 Å². The Morgan fingerprint density at radius 2 is 2.04 bits per heavy atom. The van der Waals surface area contributed by atoms with Gasteiger partial charge in [0.25, 0.3) is 5.91 Å². The van der Waals surface area contributed by atoms with Gasteiger partial charge in [0.15, 0.2) is 0 Å². The smallest absolute Gasteiger partial charge is 0.255 e. The number of amides is 1. The normalized spacial score (nSPS) is 10.9. The number of carbonyl (C=O) groups is 1. The number of hydrogen-bond donors (Lipinski definition) is 1. The summed E-state index contributed by atoms with van der Waals surface area (Å²) in [6.45, 7) is 2.09. The van der Waals surface area contributed by atoms with Gasteiger partial charge in [-0.25, -0.2) is 0 Å². The minimum absolute atomic E-state index is 0.127. The van der Waals surface area contributed by atoms with Crippen LogP contribution in [0.1, 0.15) is 22.8 Å². The van der Waals surface area contributed by atoms with Crippen LogP contribution in [0.15, 0.2) is 54.9 Å². The Hall–Kier alpha value is -3.06. The van der Waals surface area contributed by atoms with Gasteiger partial charge in [-0.3, -0.25) is 4.79 Å². The monoisotopic (exact) mass is 349 g/mol. The SMILES string of the molecule is CCc1ccc(C(=O)Nc2cccc(-c3nn4cnnc4s3)c2)cc1. The van der Waals surface area contributed by atoms with Gasteiger partial charge in [0.2, 0.25) is 4.96 Å². The molecule has 6 nitrogen and oxygen atoms in total. The van der Waals surface area contributed by atoms with E-state index in [9.17, 15) is 4.79 Å². The Labute approximate surface area is 148 Å². The van der Waals surface area contributed by atoms with Crippen LogP contribution in [0.25, 0.3) is 15.5 Å². The number of hydrogen-bond acceptors (Lipinski definition) is 5. The number of fused-ring (bicyclic) bond motifs is 1. The van der Waals surface area contributed by atoms with Gasteiger partial charge in [0.05, 0.1) is 0 Å². The molecule has 0 aliphatic rings. The summed E-state index contributed by atoms with van der Waals surface area (Å²) in [5, 5.41) is 16.0. The molecule has 25 heavy (non-hydrogen) atoms. The highest BCUT2D eigenvalue weighted by Gasteiger charge is 2.10. The zero-order valence-electron chi connectivity index (χ0n) is 13.5. The molecule has 2 heterocycles. The molecule has 0 bridgehead atoms. The van der Waals surface area contributed by atoms with Crippen LogP contribution in [0.5, 0.6) is 0 Å². The van der Waals surface area contributed by atoms with Crippen molar-refractivity contribution in [2.75, 3.05) is 5.32 Å². The summed E-state index contributed by atoms with van der Waals surface area (Å²) in [6.07, 6.45) is 2.53. The van der Waals surface area contributed by atoms with Crippen molar-refractivity contribution in [3.8, 4) is 10.6 Å². The largest absolute Gasteiger partial charge is 0.322 e. The molecule has 0 spiro atoms. The lowest BCUT2D eigenvalue weighted by Crippen LogP contribution is -2.11. The van der Waals surface area contributed by atoms with Crippen molar-refractivity contribution in [2.45, 2.75) is 13.3 Å². The van der Waals surface area contributed by atoms with E-state index in [4.69, 9.17) is 0 Å². The molecule has 2 aromatic heterocycles. The maximum Gasteiger partial charge on any atom is 0.255 e. The molecular weight excluding hydrogens is 334 g/mol. The number of rotatable bonds is 4. The molecule has 4 aromatic rings. The molecule has 124 valence electrons. The molecule has 0 unspecified atom stereocenters. The number of carbonyl (C=O) groups excluding carboxylic acids is 1. The Kier molecular flexibility index (Phi) is 3.99. The van der Waals surface area contributed by atoms with Crippen LogP contribution in [-0.4, -0.2) is 25.7 Å². The number of benzene rings is 2. The Balaban J connectivity index is 1.56. The maximum atomic E-state index is 12.4. The van der Waals surface area contributed by atoms with Crippen LogP contribution in [-0.2, 0) is 6.42 Å². The molecule has 0 fully saturated rings. The van der Waals surface area contributed by atoms with E-state index in [1.54, 1.807) is 10.8 Å². The van der Waals surface area contributed by atoms with E-state index in [0.717, 1.165) is 27.6 Å². The van der Waals surface area contributed by atoms with Crippen molar-refractivity contribution in [3.63, 3.8) is 0 Å². The maximum absolute atomic E-state index is 12.4. The van der Waals surface area contributed by atoms with Crippen LogP contribution < -0.4 is 5.32 Å². The zero-order chi connectivity index (χ0) is 17.2. The first kappa shape index (κ1) is 15.5. The van der Waals surface area contributed by atoms with Gasteiger partial charge in [-0.1, -0.05) is 42.5 Å². The molecule has 1 N–H and O–H groups in total. The highest BCUT2D eigenvalue weighted by Crippen LogP contribution is 2.26. The standard InChI is InChI=1S/C18H15N5OS/c1-2-12-6-8-13(9-7-12)16(24)20-15-5-3-4-14(10-15)17-22-23-11-19-21-18(23)25-17/h3-11H,2H2,1H3,(H,20,24). The second-order valence-electron chi connectivity index (χ2n) is 5.55. The third-order valence-electron chi connectivity index (χ3n) is 3.88. The van der Waals surface area contributed by atoms with Gasteiger partial charge in [-0.2, -0.15) is 9.61 Å². The average molecular weight is 349 g/mol. The molecule has 1 amide bonds. The van der Waals surface area contributed by atoms with Gasteiger partial charge in [0, 0.05) is 16.8 Å². The fourth-order valence-corrected chi connectivity index (χ4v) is 3.32. The fraction of sp³-hybridized carbons (Fsp3) is 0.111. The predicted octanol–water partition coefficient (Wildman–Crippen LogP) is 3.67. The lowest BCUT2D eigenvalue weighted by molar-refractivity contribution is 0.102. The summed E-state index contributed by atoms with van der Waals surface area (Å²) in [5.41, 5.74) is 3.51. The Bertz CT molecular complexity index is 1010. The molecule has 0 aliphatic heterocycles. The lowest BCUT2D eigenvalue weighted by atomic mass is 10.1. The zero-order valence-corrected chi connectivity index (χ0v) is 14.3. The lowest BCUT2D eigenvalue weighted by Gasteiger charge is -2.07. The summed E-state index contributed by atoms with van der Waals surface area (Å²) < 4.78 is 1.64. The summed E-state index contributed by atoms with van der Waals surface area (Å²) in [6, 6.07) is 15.3. The first-order valence-electron chi connectivity index (χ1n) is 7.90. The highest BCUT2D eigenvalue weighted by atomic mass is 32.1. The van der Waals surface area contributed by atoms with Crippen molar-refractivity contribution in [3.05, 3.63) is 66.0 Å². The number of nitrogens with one attached hydrogen (secondary N) is 1. The van der Waals surface area contributed by atoms with Crippen LogP contribution in [0.2, 0.25) is 0 Å². The third kappa shape index (κ3) is 3.14. The molecule has 0 saturated heterocycles. The number of anilines is 1. The van der Waals surface area contributed by atoms with E-state index in [1.807, 2.05) is 48.5 Å². The molecule has 0 atom stereocenters. The second kappa shape index (κ2) is 6.45. The van der Waals surface area contributed by atoms with Crippen LogP contribution in [0.4, 0.5) is 5.69 Å². The number of aryl methyl sites for hydroxylation is 1. The Morgan fingerprint density at radius 1 is 1.20 bits per heavy atom. The summed E-state index contributed by atoms with van der Waals surface area (Å²) in [5.74, 6) is -0.127. The van der Waals surface area contributed by atoms with E-state index in [2.05, 4.69) is 27.5 Å². The van der Waals surface area contributed by atoms with Gasteiger partial charge in [0.1, 0.15) is 11.3 Å². The van der Waals surface area contributed by atoms with Crippen molar-refractivity contribution in [2.24, 2.45) is 0 Å². The van der Waals surface area contributed by atoms with E-state index >= 15 is 0 Å². The first-order valence-corrected chi connectivity index (χ1v) is 8.72. The summed E-state index contributed by atoms with van der Waals surface area (Å²) in [4.78, 5) is 13.2. The van der Waals surface area contributed by atoms with Crippen LogP contribution in [0, 0.1) is 0 Å². The van der Waals surface area contributed by atoms with Crippen molar-refractivity contribution in [1.82, 2.24) is 19.8 Å². The van der Waals surface area contributed by atoms with Crippen molar-refractivity contribution < 1.29 is 4.79 Å². The number of nitrogens with zero attached hydrogens (tertiary/aromatic N) is 4. The molecule has 0 aliphatic carbocycles. The van der Waals surface area contributed by atoms with E-state index in [0.29, 0.717) is 5.56 Å². The summed E-state index contributed by atoms with van der Waals surface area (Å²) in [7, 11) is 0. The average Bonchev–Trinajstić information content (AvgIpc) is 3.24. The van der Waals surface area contributed by atoms with Gasteiger partial charge >= 0.3 is 0 Å². The van der Waals surface area contributed by atoms with Crippen LogP contribution >= 0.6 is 11.3 Å². The molecule has 4 rings (SSSR count). The topological polar surface area (TPSA) is 72.2 Å². The van der Waals surface area contributed by atoms with Crippen LogP contribution in [0.3, 0.4) is 0 Å². The molecule has 0 saturated carbocycles. The summed E-state index contributed by atoms with van der Waals surface area (Å²) >= 11 is 1.45. The van der Waals surface area contributed by atoms with Crippen molar-refractivity contribution in [1.29, 1.82) is 0 Å². The minimum atomic E-state index is -0.127. The molecule has 2 aromatic carbocycles. The second-order valence-corrected chi connectivity index (χ2v) is 6.51. The third-order valence-corrected chi connectivity index (χ3v) is 4.84. The molecular formula is C18H15N5OS. The van der Waals surface area contributed by atoms with Crippen molar-refractivity contribution >= 4 is 27.9 Å². The Morgan fingerprint density at radius 3 is 2.80 bits per heavy atom. The minimum Gasteiger partial charge on any atom is -0.322 e. The fourth-order valence-electron chi connectivity index (χ4n) is 2.50. The van der Waals surface area contributed by atoms with E-state index in [1.165, 1.54) is 16.9 Å². The van der Waals surface area contributed by atoms with Gasteiger partial charge in [-0.05, 0) is 36.2 Å². The molecule has 0 radical (unpaired) electrons. The first-order chi connectivity index (χ1) is 12.2. The van der Waals surface area contributed by atoms with Gasteiger partial charge < -0.3 is 5.32 Å². The van der Waals surface area contributed by atoms with E-state index in [-0.39, 0.29) is 5.91 Å². The number of aromatic nitrogens is 4.